The second kappa shape index (κ2) is 6.22. The van der Waals surface area contributed by atoms with Gasteiger partial charge in [0.05, 0.1) is 14.2 Å². The molecule has 0 spiro atoms. The average Bonchev–Trinajstić information content (AvgIpc) is 2.53. The Hall–Kier alpha value is -2.62. The molecule has 4 heteroatoms. The standard InChI is InChI=1S/C17H15FO3/c1-11(12-4-7-14(18)8-5-12)17(19)13-6-9-15(20-2)16(10-13)21-3/h4-10H,1H2,2-3H3. The molecule has 0 amide bonds. The number of allylic oxidation sites excluding steroid dienone is 1. The van der Waals surface area contributed by atoms with Gasteiger partial charge in [0.2, 0.25) is 0 Å². The number of ketones is 1. The van der Waals surface area contributed by atoms with Crippen molar-refractivity contribution in [3.05, 3.63) is 66.0 Å². The number of benzene rings is 2. The summed E-state index contributed by atoms with van der Waals surface area (Å²) in [6.45, 7) is 3.78. The zero-order chi connectivity index (χ0) is 15.4. The van der Waals surface area contributed by atoms with Gasteiger partial charge in [-0.3, -0.25) is 4.79 Å². The molecule has 0 bridgehead atoms. The van der Waals surface area contributed by atoms with Gasteiger partial charge in [-0.1, -0.05) is 18.7 Å². The second-order valence-electron chi connectivity index (χ2n) is 4.38. The maximum atomic E-state index is 12.9. The van der Waals surface area contributed by atoms with Crippen LogP contribution in [-0.4, -0.2) is 20.0 Å². The SMILES string of the molecule is C=C(C(=O)c1ccc(OC)c(OC)c1)c1ccc(F)cc1. The van der Waals surface area contributed by atoms with E-state index < -0.39 is 0 Å². The van der Waals surface area contributed by atoms with Crippen molar-refractivity contribution in [1.82, 2.24) is 0 Å². The summed E-state index contributed by atoms with van der Waals surface area (Å²) in [5, 5.41) is 0. The number of halogens is 1. The molecule has 0 aliphatic rings. The largest absolute Gasteiger partial charge is 0.493 e. The van der Waals surface area contributed by atoms with Crippen LogP contribution in [-0.2, 0) is 0 Å². The molecule has 0 aliphatic heterocycles. The van der Waals surface area contributed by atoms with Crippen LogP contribution in [0.4, 0.5) is 4.39 Å². The summed E-state index contributed by atoms with van der Waals surface area (Å²) in [6.07, 6.45) is 0. The number of carbonyl (C=O) groups is 1. The molecule has 0 radical (unpaired) electrons. The molecular weight excluding hydrogens is 271 g/mol. The Morgan fingerprint density at radius 1 is 0.952 bits per heavy atom. The van der Waals surface area contributed by atoms with Gasteiger partial charge in [-0.05, 0) is 35.9 Å². The highest BCUT2D eigenvalue weighted by atomic mass is 19.1. The maximum absolute atomic E-state index is 12.9. The third-order valence-corrected chi connectivity index (χ3v) is 3.11. The minimum absolute atomic E-state index is 0.248. The number of hydrogen-bond acceptors (Lipinski definition) is 3. The topological polar surface area (TPSA) is 35.5 Å². The number of carbonyl (C=O) groups excluding carboxylic acids is 1. The van der Waals surface area contributed by atoms with Crippen molar-refractivity contribution in [2.24, 2.45) is 0 Å². The predicted octanol–water partition coefficient (Wildman–Crippen LogP) is 3.74. The molecule has 0 heterocycles. The molecule has 0 fully saturated rings. The minimum atomic E-state index is -0.356. The molecule has 0 aliphatic carbocycles. The minimum Gasteiger partial charge on any atom is -0.493 e. The highest BCUT2D eigenvalue weighted by molar-refractivity contribution is 6.28. The summed E-state index contributed by atoms with van der Waals surface area (Å²) in [4.78, 5) is 12.4. The van der Waals surface area contributed by atoms with Crippen molar-refractivity contribution < 1.29 is 18.7 Å². The van der Waals surface area contributed by atoms with Gasteiger partial charge < -0.3 is 9.47 Å². The van der Waals surface area contributed by atoms with E-state index in [9.17, 15) is 9.18 Å². The van der Waals surface area contributed by atoms with Crippen LogP contribution < -0.4 is 9.47 Å². The highest BCUT2D eigenvalue weighted by Gasteiger charge is 2.15. The lowest BCUT2D eigenvalue weighted by Crippen LogP contribution is -2.03. The number of ether oxygens (including phenoxy) is 2. The smallest absolute Gasteiger partial charge is 0.193 e. The Morgan fingerprint density at radius 2 is 1.52 bits per heavy atom. The second-order valence-corrected chi connectivity index (χ2v) is 4.38. The lowest BCUT2D eigenvalue weighted by Gasteiger charge is -2.10. The van der Waals surface area contributed by atoms with Crippen LogP contribution in [0, 0.1) is 5.82 Å². The maximum Gasteiger partial charge on any atom is 0.193 e. The average molecular weight is 286 g/mol. The van der Waals surface area contributed by atoms with Gasteiger partial charge in [-0.15, -0.1) is 0 Å². The molecule has 3 nitrogen and oxygen atoms in total. The van der Waals surface area contributed by atoms with Gasteiger partial charge in [0.15, 0.2) is 17.3 Å². The van der Waals surface area contributed by atoms with Gasteiger partial charge in [0, 0.05) is 11.1 Å². The quantitative estimate of drug-likeness (QED) is 0.620. The summed E-state index contributed by atoms with van der Waals surface area (Å²) >= 11 is 0. The van der Waals surface area contributed by atoms with E-state index in [1.807, 2.05) is 0 Å². The van der Waals surface area contributed by atoms with E-state index in [1.165, 1.54) is 38.5 Å². The molecule has 0 atom stereocenters. The summed E-state index contributed by atoms with van der Waals surface area (Å²) in [7, 11) is 3.03. The normalized spacial score (nSPS) is 10.0. The van der Waals surface area contributed by atoms with Crippen LogP contribution >= 0.6 is 0 Å². The number of methoxy groups -OCH3 is 2. The fourth-order valence-corrected chi connectivity index (χ4v) is 1.93. The van der Waals surface area contributed by atoms with Crippen LogP contribution in [0.3, 0.4) is 0 Å². The fourth-order valence-electron chi connectivity index (χ4n) is 1.93. The summed E-state index contributed by atoms with van der Waals surface area (Å²) < 4.78 is 23.2. The first kappa shape index (κ1) is 14.8. The molecule has 0 saturated carbocycles. The van der Waals surface area contributed by atoms with Gasteiger partial charge in [0.25, 0.3) is 0 Å². The van der Waals surface area contributed by atoms with E-state index in [0.29, 0.717) is 28.2 Å². The van der Waals surface area contributed by atoms with Crippen molar-refractivity contribution in [2.75, 3.05) is 14.2 Å². The fraction of sp³-hybridized carbons (Fsp3) is 0.118. The third kappa shape index (κ3) is 3.11. The van der Waals surface area contributed by atoms with Gasteiger partial charge in [0.1, 0.15) is 5.82 Å². The van der Waals surface area contributed by atoms with E-state index in [4.69, 9.17) is 9.47 Å². The Balaban J connectivity index is 2.31. The third-order valence-electron chi connectivity index (χ3n) is 3.11. The molecule has 21 heavy (non-hydrogen) atoms. The summed E-state index contributed by atoms with van der Waals surface area (Å²) in [6, 6.07) is 10.5. The van der Waals surface area contributed by atoms with Crippen molar-refractivity contribution in [1.29, 1.82) is 0 Å². The Kier molecular flexibility index (Phi) is 4.38. The molecule has 2 aromatic rings. The molecule has 108 valence electrons. The zero-order valence-corrected chi connectivity index (χ0v) is 11.9. The van der Waals surface area contributed by atoms with Crippen molar-refractivity contribution in [3.63, 3.8) is 0 Å². The van der Waals surface area contributed by atoms with Crippen molar-refractivity contribution >= 4 is 11.4 Å². The molecule has 0 unspecified atom stereocenters. The first-order valence-corrected chi connectivity index (χ1v) is 6.28. The number of hydrogen-bond donors (Lipinski definition) is 0. The highest BCUT2D eigenvalue weighted by Crippen LogP contribution is 2.29. The zero-order valence-electron chi connectivity index (χ0n) is 11.9. The van der Waals surface area contributed by atoms with Crippen LogP contribution in [0.1, 0.15) is 15.9 Å². The molecule has 0 saturated heterocycles. The molecular formula is C17H15FO3. The van der Waals surface area contributed by atoms with Gasteiger partial charge in [-0.25, -0.2) is 4.39 Å². The molecule has 2 rings (SSSR count). The van der Waals surface area contributed by atoms with E-state index in [1.54, 1.807) is 18.2 Å². The molecule has 0 aromatic heterocycles. The van der Waals surface area contributed by atoms with E-state index in [2.05, 4.69) is 6.58 Å². The van der Waals surface area contributed by atoms with Crippen molar-refractivity contribution in [3.8, 4) is 11.5 Å². The Labute approximate surface area is 122 Å². The van der Waals surface area contributed by atoms with E-state index in [0.717, 1.165) is 0 Å². The Bertz CT molecular complexity index is 675. The van der Waals surface area contributed by atoms with Crippen LogP contribution in [0.2, 0.25) is 0 Å². The van der Waals surface area contributed by atoms with Gasteiger partial charge >= 0.3 is 0 Å². The molecule has 2 aromatic carbocycles. The lowest BCUT2D eigenvalue weighted by molar-refractivity contribution is 0.105. The number of rotatable bonds is 5. The first-order chi connectivity index (χ1) is 10.1. The monoisotopic (exact) mass is 286 g/mol. The predicted molar refractivity (Wildman–Crippen MR) is 79.3 cm³/mol. The van der Waals surface area contributed by atoms with Gasteiger partial charge in [-0.2, -0.15) is 0 Å². The van der Waals surface area contributed by atoms with Crippen molar-refractivity contribution in [2.45, 2.75) is 0 Å². The van der Waals surface area contributed by atoms with E-state index >= 15 is 0 Å². The molecule has 0 N–H and O–H groups in total. The van der Waals surface area contributed by atoms with Crippen LogP contribution in [0.25, 0.3) is 5.57 Å². The lowest BCUT2D eigenvalue weighted by atomic mass is 9.98. The number of Topliss-reactive ketones (excluding diaryl/α,β-unsaturated/α-hetero) is 1. The van der Waals surface area contributed by atoms with Crippen LogP contribution in [0.15, 0.2) is 49.0 Å². The van der Waals surface area contributed by atoms with E-state index in [-0.39, 0.29) is 11.6 Å². The summed E-state index contributed by atoms with van der Waals surface area (Å²) in [5.74, 6) is 0.407. The summed E-state index contributed by atoms with van der Waals surface area (Å²) in [5.41, 5.74) is 1.31. The first-order valence-electron chi connectivity index (χ1n) is 6.28. The Morgan fingerprint density at radius 3 is 2.10 bits per heavy atom. The van der Waals surface area contributed by atoms with Crippen LogP contribution in [0.5, 0.6) is 11.5 Å².